The molecule has 116 valence electrons. The monoisotopic (exact) mass is 288 g/mol. The summed E-state index contributed by atoms with van der Waals surface area (Å²) in [6.45, 7) is 7.07. The Morgan fingerprint density at radius 3 is 2.48 bits per heavy atom. The van der Waals surface area contributed by atoms with E-state index in [1.54, 1.807) is 0 Å². The van der Waals surface area contributed by atoms with Crippen molar-refractivity contribution in [3.05, 3.63) is 34.9 Å². The Morgan fingerprint density at radius 1 is 1.24 bits per heavy atom. The van der Waals surface area contributed by atoms with E-state index in [2.05, 4.69) is 24.8 Å². The number of rotatable bonds is 4. The minimum atomic E-state index is 0.190. The molecule has 2 rings (SSSR count). The number of hydrogen-bond donors (Lipinski definition) is 1. The maximum absolute atomic E-state index is 12.9. The maximum atomic E-state index is 12.9. The van der Waals surface area contributed by atoms with E-state index in [0.29, 0.717) is 12.1 Å². The van der Waals surface area contributed by atoms with Crippen LogP contribution >= 0.6 is 0 Å². The molecule has 3 nitrogen and oxygen atoms in total. The smallest absolute Gasteiger partial charge is 0.254 e. The van der Waals surface area contributed by atoms with Gasteiger partial charge in [-0.25, -0.2) is 0 Å². The third-order valence-electron chi connectivity index (χ3n) is 4.52. The summed E-state index contributed by atoms with van der Waals surface area (Å²) in [5.41, 5.74) is 9.13. The van der Waals surface area contributed by atoms with Gasteiger partial charge in [0.1, 0.15) is 0 Å². The van der Waals surface area contributed by atoms with E-state index in [1.165, 1.54) is 5.56 Å². The van der Waals surface area contributed by atoms with Gasteiger partial charge in [-0.1, -0.05) is 24.6 Å². The Morgan fingerprint density at radius 2 is 1.90 bits per heavy atom. The largest absolute Gasteiger partial charge is 0.336 e. The van der Waals surface area contributed by atoms with E-state index < -0.39 is 0 Å². The molecule has 1 saturated carbocycles. The van der Waals surface area contributed by atoms with Crippen molar-refractivity contribution in [1.29, 1.82) is 0 Å². The summed E-state index contributed by atoms with van der Waals surface area (Å²) in [5.74, 6) is 0.190. The fourth-order valence-electron chi connectivity index (χ4n) is 3.31. The van der Waals surface area contributed by atoms with Crippen LogP contribution < -0.4 is 5.73 Å². The molecular weight excluding hydrogens is 260 g/mol. The zero-order chi connectivity index (χ0) is 15.4. The molecule has 0 heterocycles. The topological polar surface area (TPSA) is 46.3 Å². The average Bonchev–Trinajstić information content (AvgIpc) is 2.45. The van der Waals surface area contributed by atoms with Crippen LogP contribution in [-0.4, -0.2) is 29.4 Å². The van der Waals surface area contributed by atoms with Gasteiger partial charge in [-0.3, -0.25) is 4.79 Å². The van der Waals surface area contributed by atoms with E-state index >= 15 is 0 Å². The second-order valence-electron chi connectivity index (χ2n) is 6.39. The molecule has 0 unspecified atom stereocenters. The molecule has 0 saturated heterocycles. The van der Waals surface area contributed by atoms with Gasteiger partial charge in [-0.05, 0) is 57.6 Å². The van der Waals surface area contributed by atoms with Gasteiger partial charge in [0, 0.05) is 24.2 Å². The molecule has 0 aromatic heterocycles. The molecule has 1 aromatic carbocycles. The third kappa shape index (κ3) is 3.85. The van der Waals surface area contributed by atoms with Crippen LogP contribution in [0, 0.1) is 13.8 Å². The Bertz CT molecular complexity index is 490. The molecule has 1 aliphatic rings. The lowest BCUT2D eigenvalue weighted by Crippen LogP contribution is -2.44. The summed E-state index contributed by atoms with van der Waals surface area (Å²) in [6, 6.07) is 6.78. The highest BCUT2D eigenvalue weighted by Gasteiger charge is 2.28. The third-order valence-corrected chi connectivity index (χ3v) is 4.52. The van der Waals surface area contributed by atoms with Crippen molar-refractivity contribution in [1.82, 2.24) is 4.90 Å². The van der Waals surface area contributed by atoms with Crippen LogP contribution in [0.15, 0.2) is 18.2 Å². The summed E-state index contributed by atoms with van der Waals surface area (Å²) < 4.78 is 0. The van der Waals surface area contributed by atoms with Crippen molar-refractivity contribution in [2.45, 2.75) is 65.0 Å². The highest BCUT2D eigenvalue weighted by atomic mass is 16.2. The fourth-order valence-corrected chi connectivity index (χ4v) is 3.31. The minimum Gasteiger partial charge on any atom is -0.336 e. The van der Waals surface area contributed by atoms with Crippen LogP contribution in [0.25, 0.3) is 0 Å². The molecule has 1 amide bonds. The van der Waals surface area contributed by atoms with Gasteiger partial charge < -0.3 is 10.6 Å². The van der Waals surface area contributed by atoms with Crippen molar-refractivity contribution in [3.8, 4) is 0 Å². The Hall–Kier alpha value is -1.35. The van der Waals surface area contributed by atoms with E-state index in [1.807, 2.05) is 19.1 Å². The predicted octanol–water partition coefficient (Wildman–Crippen LogP) is 3.43. The Balaban J connectivity index is 2.18. The molecule has 1 fully saturated rings. The Labute approximate surface area is 128 Å². The highest BCUT2D eigenvalue weighted by molar-refractivity contribution is 5.96. The first-order valence-corrected chi connectivity index (χ1v) is 8.16. The zero-order valence-electron chi connectivity index (χ0n) is 13.6. The first-order chi connectivity index (χ1) is 10.0. The van der Waals surface area contributed by atoms with Gasteiger partial charge in [-0.2, -0.15) is 0 Å². The quantitative estimate of drug-likeness (QED) is 0.922. The summed E-state index contributed by atoms with van der Waals surface area (Å²) >= 11 is 0. The summed E-state index contributed by atoms with van der Waals surface area (Å²) in [7, 11) is 0. The molecule has 0 bridgehead atoms. The molecule has 0 aliphatic heterocycles. The molecule has 1 aromatic rings. The number of aryl methyl sites for hydroxylation is 2. The molecule has 3 heteroatoms. The van der Waals surface area contributed by atoms with E-state index in [9.17, 15) is 4.79 Å². The van der Waals surface area contributed by atoms with Gasteiger partial charge in [0.05, 0.1) is 0 Å². The van der Waals surface area contributed by atoms with Gasteiger partial charge in [-0.15, -0.1) is 0 Å². The Kier molecular flexibility index (Phi) is 5.40. The summed E-state index contributed by atoms with van der Waals surface area (Å²) in [6.07, 6.45) is 5.14. The first-order valence-electron chi connectivity index (χ1n) is 8.16. The lowest BCUT2D eigenvalue weighted by molar-refractivity contribution is 0.0626. The molecule has 1 aliphatic carbocycles. The first kappa shape index (κ1) is 16.0. The van der Waals surface area contributed by atoms with Crippen molar-refractivity contribution in [2.75, 3.05) is 6.54 Å². The van der Waals surface area contributed by atoms with Crippen LogP contribution in [0.5, 0.6) is 0 Å². The van der Waals surface area contributed by atoms with Crippen LogP contribution in [0.4, 0.5) is 0 Å². The normalized spacial score (nSPS) is 22.1. The average molecular weight is 288 g/mol. The van der Waals surface area contributed by atoms with Crippen molar-refractivity contribution >= 4 is 5.91 Å². The maximum Gasteiger partial charge on any atom is 0.254 e. The second-order valence-corrected chi connectivity index (χ2v) is 6.39. The van der Waals surface area contributed by atoms with Gasteiger partial charge in [0.25, 0.3) is 5.91 Å². The van der Waals surface area contributed by atoms with Crippen molar-refractivity contribution < 1.29 is 4.79 Å². The molecule has 2 N–H and O–H groups in total. The zero-order valence-corrected chi connectivity index (χ0v) is 13.6. The molecule has 21 heavy (non-hydrogen) atoms. The van der Waals surface area contributed by atoms with Gasteiger partial charge >= 0.3 is 0 Å². The van der Waals surface area contributed by atoms with Crippen LogP contribution in [0.2, 0.25) is 0 Å². The lowest BCUT2D eigenvalue weighted by atomic mass is 9.90. The number of carbonyl (C=O) groups is 1. The number of nitrogens with zero attached hydrogens (tertiary/aromatic N) is 1. The number of nitrogens with two attached hydrogens (primary N) is 1. The molecular formula is C18H28N2O. The highest BCUT2D eigenvalue weighted by Crippen LogP contribution is 2.25. The van der Waals surface area contributed by atoms with Crippen LogP contribution in [-0.2, 0) is 0 Å². The summed E-state index contributed by atoms with van der Waals surface area (Å²) in [4.78, 5) is 15.0. The minimum absolute atomic E-state index is 0.190. The number of hydrogen-bond acceptors (Lipinski definition) is 2. The SMILES string of the molecule is CCCN(C(=O)c1ccc(C)cc1C)C1CCC(N)CC1. The van der Waals surface area contributed by atoms with E-state index in [4.69, 9.17) is 5.73 Å². The summed E-state index contributed by atoms with van der Waals surface area (Å²) in [5, 5.41) is 0. The predicted molar refractivity (Wildman–Crippen MR) is 87.5 cm³/mol. The standard InChI is InChI=1S/C18H28N2O/c1-4-11-20(16-8-6-15(19)7-9-16)18(21)17-10-5-13(2)12-14(17)3/h5,10,12,15-16H,4,6-9,11,19H2,1-3H3. The number of benzene rings is 1. The molecule has 0 spiro atoms. The molecule has 0 radical (unpaired) electrons. The van der Waals surface area contributed by atoms with Gasteiger partial charge in [0.2, 0.25) is 0 Å². The van der Waals surface area contributed by atoms with E-state index in [0.717, 1.165) is 49.8 Å². The molecule has 0 atom stereocenters. The van der Waals surface area contributed by atoms with Gasteiger partial charge in [0.15, 0.2) is 0 Å². The van der Waals surface area contributed by atoms with Crippen LogP contribution in [0.3, 0.4) is 0 Å². The second kappa shape index (κ2) is 7.08. The number of carbonyl (C=O) groups excluding carboxylic acids is 1. The van der Waals surface area contributed by atoms with Crippen molar-refractivity contribution in [2.24, 2.45) is 5.73 Å². The van der Waals surface area contributed by atoms with Crippen molar-refractivity contribution in [3.63, 3.8) is 0 Å². The van der Waals surface area contributed by atoms with E-state index in [-0.39, 0.29) is 5.91 Å². The number of amides is 1. The lowest BCUT2D eigenvalue weighted by Gasteiger charge is -2.36. The van der Waals surface area contributed by atoms with Crippen LogP contribution in [0.1, 0.15) is 60.5 Å². The fraction of sp³-hybridized carbons (Fsp3) is 0.611.